The van der Waals surface area contributed by atoms with Gasteiger partial charge in [0.25, 0.3) is 5.69 Å². The van der Waals surface area contributed by atoms with Crippen molar-refractivity contribution in [2.45, 2.75) is 6.42 Å². The first kappa shape index (κ1) is 17.6. The van der Waals surface area contributed by atoms with Crippen LogP contribution in [0, 0.1) is 10.1 Å². The third-order valence-corrected chi connectivity index (χ3v) is 3.60. The number of amides is 1. The average molecular weight is 351 g/mol. The summed E-state index contributed by atoms with van der Waals surface area (Å²) in [4.78, 5) is 22.3. The van der Waals surface area contributed by atoms with Crippen LogP contribution in [0.5, 0.6) is 11.5 Å². The highest BCUT2D eigenvalue weighted by Crippen LogP contribution is 2.28. The number of carbonyl (C=O) groups is 1. The van der Waals surface area contributed by atoms with Gasteiger partial charge in [0.05, 0.1) is 36.3 Å². The molecular formula is C16H15ClN2O5. The number of anilines is 1. The van der Waals surface area contributed by atoms with Crippen LogP contribution in [0.2, 0.25) is 5.02 Å². The second-order valence-electron chi connectivity index (χ2n) is 4.82. The molecule has 2 aromatic carbocycles. The van der Waals surface area contributed by atoms with Gasteiger partial charge in [-0.2, -0.15) is 0 Å². The summed E-state index contributed by atoms with van der Waals surface area (Å²) in [6, 6.07) is 8.99. The van der Waals surface area contributed by atoms with Gasteiger partial charge in [-0.1, -0.05) is 17.7 Å². The van der Waals surface area contributed by atoms with Crippen LogP contribution in [0.1, 0.15) is 5.56 Å². The lowest BCUT2D eigenvalue weighted by atomic mass is 10.1. The van der Waals surface area contributed by atoms with Crippen LogP contribution in [-0.2, 0) is 11.2 Å². The Balaban J connectivity index is 2.12. The molecule has 2 aromatic rings. The molecule has 0 fully saturated rings. The monoisotopic (exact) mass is 350 g/mol. The number of non-ortho nitro benzene ring substituents is 1. The zero-order valence-corrected chi connectivity index (χ0v) is 13.8. The average Bonchev–Trinajstić information content (AvgIpc) is 2.56. The molecule has 7 nitrogen and oxygen atoms in total. The van der Waals surface area contributed by atoms with Crippen molar-refractivity contribution >= 4 is 28.9 Å². The lowest BCUT2D eigenvalue weighted by molar-refractivity contribution is -0.384. The molecule has 0 heterocycles. The van der Waals surface area contributed by atoms with Crippen LogP contribution < -0.4 is 14.8 Å². The van der Waals surface area contributed by atoms with Crippen LogP contribution in [0.3, 0.4) is 0 Å². The SMILES string of the molecule is COc1ccc(CC(=O)Nc2ccc([N+](=O)[O-])cc2Cl)c(OC)c1. The number of hydrogen-bond acceptors (Lipinski definition) is 5. The minimum absolute atomic E-state index is 0.0560. The fourth-order valence-corrected chi connectivity index (χ4v) is 2.31. The van der Waals surface area contributed by atoms with Crippen molar-refractivity contribution in [2.75, 3.05) is 19.5 Å². The number of hydrogen-bond donors (Lipinski definition) is 1. The molecule has 1 N–H and O–H groups in total. The topological polar surface area (TPSA) is 90.7 Å². The predicted octanol–water partition coefficient (Wildman–Crippen LogP) is 3.45. The molecule has 0 radical (unpaired) electrons. The van der Waals surface area contributed by atoms with Crippen LogP contribution in [-0.4, -0.2) is 25.1 Å². The van der Waals surface area contributed by atoms with Gasteiger partial charge < -0.3 is 14.8 Å². The molecule has 0 saturated heterocycles. The number of carbonyl (C=O) groups excluding carboxylic acids is 1. The third kappa shape index (κ3) is 4.14. The molecule has 0 atom stereocenters. The van der Waals surface area contributed by atoms with Crippen molar-refractivity contribution < 1.29 is 19.2 Å². The molecule has 0 unspecified atom stereocenters. The molecule has 0 aliphatic rings. The number of methoxy groups -OCH3 is 2. The molecule has 0 bridgehead atoms. The second kappa shape index (κ2) is 7.65. The number of nitrogens with one attached hydrogen (secondary N) is 1. The van der Waals surface area contributed by atoms with Gasteiger partial charge in [0.2, 0.25) is 5.91 Å². The van der Waals surface area contributed by atoms with Gasteiger partial charge in [0.15, 0.2) is 0 Å². The van der Waals surface area contributed by atoms with E-state index in [4.69, 9.17) is 21.1 Å². The van der Waals surface area contributed by atoms with Crippen molar-refractivity contribution in [3.05, 3.63) is 57.1 Å². The Kier molecular flexibility index (Phi) is 5.59. The largest absolute Gasteiger partial charge is 0.497 e. The quantitative estimate of drug-likeness (QED) is 0.636. The number of benzene rings is 2. The third-order valence-electron chi connectivity index (χ3n) is 3.28. The van der Waals surface area contributed by atoms with E-state index in [1.54, 1.807) is 18.2 Å². The first-order valence-electron chi connectivity index (χ1n) is 6.89. The Morgan fingerprint density at radius 1 is 1.21 bits per heavy atom. The first-order chi connectivity index (χ1) is 11.4. The number of nitrogens with zero attached hydrogens (tertiary/aromatic N) is 1. The normalized spacial score (nSPS) is 10.1. The fraction of sp³-hybridized carbons (Fsp3) is 0.188. The van der Waals surface area contributed by atoms with Gasteiger partial charge in [-0.25, -0.2) is 0 Å². The minimum Gasteiger partial charge on any atom is -0.497 e. The molecule has 2 rings (SSSR count). The van der Waals surface area contributed by atoms with E-state index in [-0.39, 0.29) is 23.0 Å². The van der Waals surface area contributed by atoms with Crippen molar-refractivity contribution in [1.29, 1.82) is 0 Å². The van der Waals surface area contributed by atoms with Gasteiger partial charge in [0.1, 0.15) is 11.5 Å². The number of nitro benzene ring substituents is 1. The maximum atomic E-state index is 12.2. The highest BCUT2D eigenvalue weighted by Gasteiger charge is 2.14. The molecule has 0 aliphatic heterocycles. The Hall–Kier alpha value is -2.80. The van der Waals surface area contributed by atoms with E-state index in [9.17, 15) is 14.9 Å². The molecule has 0 aromatic heterocycles. The molecule has 24 heavy (non-hydrogen) atoms. The van der Waals surface area contributed by atoms with Crippen LogP contribution in [0.4, 0.5) is 11.4 Å². The number of halogens is 1. The second-order valence-corrected chi connectivity index (χ2v) is 5.23. The van der Waals surface area contributed by atoms with Crippen molar-refractivity contribution in [2.24, 2.45) is 0 Å². The minimum atomic E-state index is -0.556. The van der Waals surface area contributed by atoms with Crippen molar-refractivity contribution in [3.8, 4) is 11.5 Å². The van der Waals surface area contributed by atoms with Crippen LogP contribution >= 0.6 is 11.6 Å². The van der Waals surface area contributed by atoms with Crippen molar-refractivity contribution in [1.82, 2.24) is 0 Å². The molecule has 0 aliphatic carbocycles. The maximum Gasteiger partial charge on any atom is 0.271 e. The van der Waals surface area contributed by atoms with Gasteiger partial charge in [-0.05, 0) is 12.1 Å². The Bertz CT molecular complexity index is 779. The summed E-state index contributed by atoms with van der Waals surface area (Å²) in [5, 5.41) is 13.4. The summed E-state index contributed by atoms with van der Waals surface area (Å²) in [6.07, 6.45) is 0.0560. The zero-order chi connectivity index (χ0) is 17.7. The standard InChI is InChI=1S/C16H15ClN2O5/c1-23-12-5-3-10(15(9-12)24-2)7-16(20)18-14-6-4-11(19(21)22)8-13(14)17/h3-6,8-9H,7H2,1-2H3,(H,18,20). The van der Waals surface area contributed by atoms with E-state index < -0.39 is 4.92 Å². The molecule has 1 amide bonds. The van der Waals surface area contributed by atoms with E-state index in [1.165, 1.54) is 32.4 Å². The summed E-state index contributed by atoms with van der Waals surface area (Å²) < 4.78 is 10.3. The summed E-state index contributed by atoms with van der Waals surface area (Å²) in [6.45, 7) is 0. The smallest absolute Gasteiger partial charge is 0.271 e. The molecule has 0 spiro atoms. The summed E-state index contributed by atoms with van der Waals surface area (Å²) in [5.41, 5.74) is 0.836. The van der Waals surface area contributed by atoms with Gasteiger partial charge >= 0.3 is 0 Å². The number of ether oxygens (including phenoxy) is 2. The van der Waals surface area contributed by atoms with E-state index >= 15 is 0 Å². The zero-order valence-electron chi connectivity index (χ0n) is 13.0. The Morgan fingerprint density at radius 3 is 2.54 bits per heavy atom. The van der Waals surface area contributed by atoms with E-state index in [2.05, 4.69) is 5.32 Å². The van der Waals surface area contributed by atoms with Gasteiger partial charge in [-0.3, -0.25) is 14.9 Å². The van der Waals surface area contributed by atoms with Gasteiger partial charge in [0, 0.05) is 23.8 Å². The molecule has 126 valence electrons. The molecular weight excluding hydrogens is 336 g/mol. The molecule has 8 heteroatoms. The lowest BCUT2D eigenvalue weighted by Crippen LogP contribution is -2.15. The number of nitro groups is 1. The van der Waals surface area contributed by atoms with Crippen molar-refractivity contribution in [3.63, 3.8) is 0 Å². The predicted molar refractivity (Wildman–Crippen MR) is 90.0 cm³/mol. The summed E-state index contributed by atoms with van der Waals surface area (Å²) >= 11 is 5.96. The van der Waals surface area contributed by atoms with Gasteiger partial charge in [-0.15, -0.1) is 0 Å². The van der Waals surface area contributed by atoms with E-state index in [0.29, 0.717) is 22.7 Å². The fourth-order valence-electron chi connectivity index (χ4n) is 2.08. The lowest BCUT2D eigenvalue weighted by Gasteiger charge is -2.11. The maximum absolute atomic E-state index is 12.2. The van der Waals surface area contributed by atoms with Crippen LogP contribution in [0.25, 0.3) is 0 Å². The highest BCUT2D eigenvalue weighted by molar-refractivity contribution is 6.34. The highest BCUT2D eigenvalue weighted by atomic mass is 35.5. The first-order valence-corrected chi connectivity index (χ1v) is 7.27. The van der Waals surface area contributed by atoms with E-state index in [0.717, 1.165) is 0 Å². The Labute approximate surface area is 143 Å². The summed E-state index contributed by atoms with van der Waals surface area (Å²) in [7, 11) is 3.04. The number of rotatable bonds is 6. The Morgan fingerprint density at radius 2 is 1.96 bits per heavy atom. The van der Waals surface area contributed by atoms with E-state index in [1.807, 2.05) is 0 Å². The summed E-state index contributed by atoms with van der Waals surface area (Å²) in [5.74, 6) is 0.822. The molecule has 0 saturated carbocycles. The van der Waals surface area contributed by atoms with Crippen LogP contribution in [0.15, 0.2) is 36.4 Å².